The first-order valence-electron chi connectivity index (χ1n) is 8.34. The van der Waals surface area contributed by atoms with Crippen molar-refractivity contribution in [2.45, 2.75) is 19.4 Å². The molecule has 0 fully saturated rings. The van der Waals surface area contributed by atoms with Crippen LogP contribution in [0.2, 0.25) is 0 Å². The van der Waals surface area contributed by atoms with E-state index in [2.05, 4.69) is 40.6 Å². The first-order valence-corrected chi connectivity index (χ1v) is 8.34. The van der Waals surface area contributed by atoms with Gasteiger partial charge in [0.15, 0.2) is 0 Å². The summed E-state index contributed by atoms with van der Waals surface area (Å²) in [6.45, 7) is 3.70. The van der Waals surface area contributed by atoms with Crippen LogP contribution in [0.5, 0.6) is 0 Å². The SMILES string of the molecule is N#Cc1cccc(C(=O)NCCCN2CCc3ccccc3C2)c1. The Morgan fingerprint density at radius 1 is 1.17 bits per heavy atom. The van der Waals surface area contributed by atoms with E-state index in [9.17, 15) is 4.79 Å². The minimum Gasteiger partial charge on any atom is -0.352 e. The van der Waals surface area contributed by atoms with Crippen molar-refractivity contribution >= 4 is 5.91 Å². The predicted octanol–water partition coefficient (Wildman–Crippen LogP) is 2.74. The topological polar surface area (TPSA) is 56.1 Å². The van der Waals surface area contributed by atoms with Crippen molar-refractivity contribution in [2.75, 3.05) is 19.6 Å². The lowest BCUT2D eigenvalue weighted by atomic mass is 10.00. The lowest BCUT2D eigenvalue weighted by Crippen LogP contribution is -2.33. The van der Waals surface area contributed by atoms with Gasteiger partial charge in [-0.05, 0) is 42.2 Å². The van der Waals surface area contributed by atoms with Crippen LogP contribution in [0.25, 0.3) is 0 Å². The van der Waals surface area contributed by atoms with Gasteiger partial charge in [-0.3, -0.25) is 9.69 Å². The molecular formula is C20H21N3O. The summed E-state index contributed by atoms with van der Waals surface area (Å²) in [5, 5.41) is 11.8. The van der Waals surface area contributed by atoms with Gasteiger partial charge in [-0.1, -0.05) is 30.3 Å². The normalized spacial score (nSPS) is 13.8. The number of nitrogens with one attached hydrogen (secondary N) is 1. The third-order valence-corrected chi connectivity index (χ3v) is 4.40. The van der Waals surface area contributed by atoms with Crippen LogP contribution < -0.4 is 5.32 Å². The Hall–Kier alpha value is -2.64. The van der Waals surface area contributed by atoms with E-state index in [0.29, 0.717) is 17.7 Å². The van der Waals surface area contributed by atoms with Crippen molar-refractivity contribution in [3.63, 3.8) is 0 Å². The van der Waals surface area contributed by atoms with Gasteiger partial charge in [-0.2, -0.15) is 5.26 Å². The summed E-state index contributed by atoms with van der Waals surface area (Å²) in [6, 6.07) is 17.5. The molecule has 0 unspecified atom stereocenters. The standard InChI is InChI=1S/C20H21N3O/c21-14-16-5-3-8-18(13-16)20(24)22-10-4-11-23-12-9-17-6-1-2-7-19(17)15-23/h1-3,5-8,13H,4,9-12,15H2,(H,22,24). The molecule has 0 aliphatic carbocycles. The summed E-state index contributed by atoms with van der Waals surface area (Å²) in [4.78, 5) is 14.5. The quantitative estimate of drug-likeness (QED) is 0.862. The zero-order valence-electron chi connectivity index (χ0n) is 13.7. The fourth-order valence-corrected chi connectivity index (χ4v) is 3.08. The molecule has 0 atom stereocenters. The molecule has 2 aromatic rings. The van der Waals surface area contributed by atoms with Crippen LogP contribution in [-0.4, -0.2) is 30.4 Å². The van der Waals surface area contributed by atoms with Gasteiger partial charge in [0.2, 0.25) is 0 Å². The largest absolute Gasteiger partial charge is 0.352 e. The molecule has 24 heavy (non-hydrogen) atoms. The number of amides is 1. The molecule has 0 bridgehead atoms. The van der Waals surface area contributed by atoms with Crippen LogP contribution in [0.1, 0.15) is 33.5 Å². The highest BCUT2D eigenvalue weighted by atomic mass is 16.1. The van der Waals surface area contributed by atoms with E-state index in [1.165, 1.54) is 11.1 Å². The first-order chi connectivity index (χ1) is 11.8. The Kier molecular flexibility index (Phi) is 5.25. The average molecular weight is 319 g/mol. The number of carbonyl (C=O) groups is 1. The zero-order valence-corrected chi connectivity index (χ0v) is 13.7. The first kappa shape index (κ1) is 16.2. The molecule has 0 radical (unpaired) electrons. The maximum Gasteiger partial charge on any atom is 0.251 e. The van der Waals surface area contributed by atoms with Crippen LogP contribution in [0, 0.1) is 11.3 Å². The summed E-state index contributed by atoms with van der Waals surface area (Å²) in [5.41, 5.74) is 3.93. The minimum atomic E-state index is -0.115. The summed E-state index contributed by atoms with van der Waals surface area (Å²) in [7, 11) is 0. The maximum absolute atomic E-state index is 12.1. The Balaban J connectivity index is 1.43. The van der Waals surface area contributed by atoms with E-state index < -0.39 is 0 Å². The smallest absolute Gasteiger partial charge is 0.251 e. The van der Waals surface area contributed by atoms with Crippen molar-refractivity contribution in [1.82, 2.24) is 10.2 Å². The number of carbonyl (C=O) groups excluding carboxylic acids is 1. The van der Waals surface area contributed by atoms with E-state index in [1.807, 2.05) is 0 Å². The number of benzene rings is 2. The molecule has 1 aliphatic rings. The van der Waals surface area contributed by atoms with Gasteiger partial charge in [0, 0.05) is 31.7 Å². The van der Waals surface area contributed by atoms with Gasteiger partial charge in [0.25, 0.3) is 5.91 Å². The third-order valence-electron chi connectivity index (χ3n) is 4.40. The van der Waals surface area contributed by atoms with Gasteiger partial charge in [0.05, 0.1) is 11.6 Å². The lowest BCUT2D eigenvalue weighted by Gasteiger charge is -2.28. The number of nitrogens with zero attached hydrogens (tertiary/aromatic N) is 2. The molecule has 0 aromatic heterocycles. The molecule has 4 heteroatoms. The molecule has 0 spiro atoms. The van der Waals surface area contributed by atoms with Crippen LogP contribution >= 0.6 is 0 Å². The molecule has 122 valence electrons. The van der Waals surface area contributed by atoms with E-state index in [0.717, 1.165) is 32.5 Å². The van der Waals surface area contributed by atoms with E-state index in [-0.39, 0.29) is 5.91 Å². The molecule has 1 aliphatic heterocycles. The second-order valence-electron chi connectivity index (χ2n) is 6.10. The molecule has 3 rings (SSSR count). The van der Waals surface area contributed by atoms with Crippen molar-refractivity contribution < 1.29 is 4.79 Å². The summed E-state index contributed by atoms with van der Waals surface area (Å²) in [6.07, 6.45) is 2.02. The van der Waals surface area contributed by atoms with Crippen LogP contribution in [-0.2, 0) is 13.0 Å². The van der Waals surface area contributed by atoms with Crippen LogP contribution in [0.3, 0.4) is 0 Å². The fourth-order valence-electron chi connectivity index (χ4n) is 3.08. The predicted molar refractivity (Wildman–Crippen MR) is 93.5 cm³/mol. The maximum atomic E-state index is 12.1. The monoisotopic (exact) mass is 319 g/mol. The van der Waals surface area contributed by atoms with Crippen molar-refractivity contribution in [3.05, 3.63) is 70.8 Å². The van der Waals surface area contributed by atoms with Gasteiger partial charge in [-0.15, -0.1) is 0 Å². The Labute approximate surface area is 142 Å². The number of hydrogen-bond acceptors (Lipinski definition) is 3. The molecular weight excluding hydrogens is 298 g/mol. The average Bonchev–Trinajstić information content (AvgIpc) is 2.65. The number of rotatable bonds is 5. The second kappa shape index (κ2) is 7.76. The van der Waals surface area contributed by atoms with E-state index in [1.54, 1.807) is 24.3 Å². The Morgan fingerprint density at radius 2 is 2.00 bits per heavy atom. The molecule has 1 N–H and O–H groups in total. The minimum absolute atomic E-state index is 0.115. The van der Waals surface area contributed by atoms with Crippen molar-refractivity contribution in [3.8, 4) is 6.07 Å². The fraction of sp³-hybridized carbons (Fsp3) is 0.300. The molecule has 4 nitrogen and oxygen atoms in total. The van der Waals surface area contributed by atoms with Crippen molar-refractivity contribution in [1.29, 1.82) is 5.26 Å². The highest BCUT2D eigenvalue weighted by Crippen LogP contribution is 2.18. The lowest BCUT2D eigenvalue weighted by molar-refractivity contribution is 0.0951. The summed E-state index contributed by atoms with van der Waals surface area (Å²) in [5.74, 6) is -0.115. The van der Waals surface area contributed by atoms with Gasteiger partial charge >= 0.3 is 0 Å². The molecule has 0 saturated carbocycles. The number of hydrogen-bond donors (Lipinski definition) is 1. The van der Waals surface area contributed by atoms with Gasteiger partial charge in [0.1, 0.15) is 0 Å². The van der Waals surface area contributed by atoms with E-state index in [4.69, 9.17) is 5.26 Å². The Morgan fingerprint density at radius 3 is 2.83 bits per heavy atom. The zero-order chi connectivity index (χ0) is 16.8. The van der Waals surface area contributed by atoms with E-state index >= 15 is 0 Å². The highest BCUT2D eigenvalue weighted by molar-refractivity contribution is 5.94. The molecule has 1 heterocycles. The molecule has 0 saturated heterocycles. The number of fused-ring (bicyclic) bond motifs is 1. The van der Waals surface area contributed by atoms with Crippen molar-refractivity contribution in [2.24, 2.45) is 0 Å². The van der Waals surface area contributed by atoms with Gasteiger partial charge < -0.3 is 5.32 Å². The summed E-state index contributed by atoms with van der Waals surface area (Å²) >= 11 is 0. The van der Waals surface area contributed by atoms with Crippen LogP contribution in [0.4, 0.5) is 0 Å². The van der Waals surface area contributed by atoms with Crippen LogP contribution in [0.15, 0.2) is 48.5 Å². The summed E-state index contributed by atoms with van der Waals surface area (Å²) < 4.78 is 0. The molecule has 1 amide bonds. The third kappa shape index (κ3) is 4.01. The second-order valence-corrected chi connectivity index (χ2v) is 6.10. The number of nitriles is 1. The Bertz CT molecular complexity index is 763. The van der Waals surface area contributed by atoms with Gasteiger partial charge in [-0.25, -0.2) is 0 Å². The molecule has 2 aromatic carbocycles. The highest BCUT2D eigenvalue weighted by Gasteiger charge is 2.15.